The van der Waals surface area contributed by atoms with Crippen LogP contribution >= 0.6 is 35.6 Å². The molecule has 9 heteroatoms. The molecule has 0 spiro atoms. The van der Waals surface area contributed by atoms with E-state index in [1.807, 2.05) is 0 Å². The Labute approximate surface area is 181 Å². The third-order valence-electron chi connectivity index (χ3n) is 4.59. The van der Waals surface area contributed by atoms with E-state index in [0.717, 1.165) is 32.0 Å². The number of ether oxygens (including phenoxy) is 1. The molecule has 1 aromatic rings. The molecule has 2 N–H and O–H groups in total. The van der Waals surface area contributed by atoms with Crippen molar-refractivity contribution in [3.8, 4) is 5.75 Å². The number of guanidine groups is 1. The van der Waals surface area contributed by atoms with Crippen LogP contribution in [0.1, 0.15) is 24.8 Å². The molecular weight excluding hydrogens is 489 g/mol. The van der Waals surface area contributed by atoms with Gasteiger partial charge in [-0.1, -0.05) is 11.6 Å². The van der Waals surface area contributed by atoms with Gasteiger partial charge in [0.15, 0.2) is 5.96 Å². The van der Waals surface area contributed by atoms with Crippen LogP contribution in [0.15, 0.2) is 23.2 Å². The molecule has 1 saturated heterocycles. The summed E-state index contributed by atoms with van der Waals surface area (Å²) in [6.07, 6.45) is 3.54. The fourth-order valence-corrected chi connectivity index (χ4v) is 3.24. The Balaban J connectivity index is 0.00000364. The van der Waals surface area contributed by atoms with Crippen molar-refractivity contribution < 1.29 is 13.5 Å². The van der Waals surface area contributed by atoms with E-state index in [9.17, 15) is 8.78 Å². The first-order chi connectivity index (χ1) is 12.5. The van der Waals surface area contributed by atoms with E-state index in [0.29, 0.717) is 16.5 Å². The van der Waals surface area contributed by atoms with Crippen LogP contribution in [0.5, 0.6) is 5.75 Å². The SMILES string of the molecule is CN=C(NCCC1CCN(C)CC1)NCc1cc(Cl)ccc1OC(F)F.I. The van der Waals surface area contributed by atoms with E-state index in [1.165, 1.54) is 25.0 Å². The number of hydrogen-bond acceptors (Lipinski definition) is 3. The Kier molecular flexibility index (Phi) is 11.2. The van der Waals surface area contributed by atoms with Crippen LogP contribution in [0.25, 0.3) is 0 Å². The molecule has 0 bridgehead atoms. The molecular formula is C18H28ClF2IN4O. The minimum absolute atomic E-state index is 0. The van der Waals surface area contributed by atoms with Gasteiger partial charge in [-0.2, -0.15) is 8.78 Å². The minimum Gasteiger partial charge on any atom is -0.434 e. The van der Waals surface area contributed by atoms with Gasteiger partial charge in [-0.15, -0.1) is 24.0 Å². The predicted molar refractivity (Wildman–Crippen MR) is 117 cm³/mol. The molecule has 0 aliphatic carbocycles. The van der Waals surface area contributed by atoms with Gasteiger partial charge in [-0.3, -0.25) is 4.99 Å². The molecule has 27 heavy (non-hydrogen) atoms. The van der Waals surface area contributed by atoms with Crippen molar-refractivity contribution in [2.75, 3.05) is 33.7 Å². The summed E-state index contributed by atoms with van der Waals surface area (Å²) >= 11 is 5.96. The largest absolute Gasteiger partial charge is 0.434 e. The molecule has 1 aliphatic rings. The van der Waals surface area contributed by atoms with Gasteiger partial charge >= 0.3 is 6.61 Å². The smallest absolute Gasteiger partial charge is 0.387 e. The molecule has 0 aromatic heterocycles. The van der Waals surface area contributed by atoms with E-state index in [4.69, 9.17) is 11.6 Å². The number of nitrogens with zero attached hydrogens (tertiary/aromatic N) is 2. The highest BCUT2D eigenvalue weighted by atomic mass is 127. The number of benzene rings is 1. The number of halogens is 4. The highest BCUT2D eigenvalue weighted by molar-refractivity contribution is 14.0. The molecule has 1 aliphatic heterocycles. The summed E-state index contributed by atoms with van der Waals surface area (Å²) in [4.78, 5) is 6.53. The molecule has 0 saturated carbocycles. The summed E-state index contributed by atoms with van der Waals surface area (Å²) in [7, 11) is 3.83. The van der Waals surface area contributed by atoms with Crippen molar-refractivity contribution in [2.45, 2.75) is 32.4 Å². The quantitative estimate of drug-likeness (QED) is 0.327. The van der Waals surface area contributed by atoms with Crippen LogP contribution < -0.4 is 15.4 Å². The lowest BCUT2D eigenvalue weighted by atomic mass is 9.94. The zero-order chi connectivity index (χ0) is 18.9. The van der Waals surface area contributed by atoms with Crippen molar-refractivity contribution in [1.29, 1.82) is 0 Å². The normalized spacial score (nSPS) is 16.1. The lowest BCUT2D eigenvalue weighted by molar-refractivity contribution is -0.0504. The first kappa shape index (κ1) is 24.2. The second kappa shape index (κ2) is 12.6. The lowest BCUT2D eigenvalue weighted by Gasteiger charge is -2.29. The van der Waals surface area contributed by atoms with E-state index in [-0.39, 0.29) is 36.3 Å². The fourth-order valence-electron chi connectivity index (χ4n) is 3.04. The summed E-state index contributed by atoms with van der Waals surface area (Å²) in [5, 5.41) is 6.86. The average molecular weight is 517 g/mol. The van der Waals surface area contributed by atoms with E-state index in [2.05, 4.69) is 32.3 Å². The van der Waals surface area contributed by atoms with Gasteiger partial charge in [0.1, 0.15) is 5.75 Å². The van der Waals surface area contributed by atoms with Gasteiger partial charge < -0.3 is 20.3 Å². The number of alkyl halides is 2. The van der Waals surface area contributed by atoms with Gasteiger partial charge in [-0.05, 0) is 63.5 Å². The molecule has 1 heterocycles. The molecule has 0 unspecified atom stereocenters. The van der Waals surface area contributed by atoms with Crippen LogP contribution in [0.3, 0.4) is 0 Å². The number of nitrogens with one attached hydrogen (secondary N) is 2. The fraction of sp³-hybridized carbons (Fsp3) is 0.611. The van der Waals surface area contributed by atoms with Crippen molar-refractivity contribution >= 4 is 41.5 Å². The minimum atomic E-state index is -2.87. The summed E-state index contributed by atoms with van der Waals surface area (Å²) in [5.41, 5.74) is 0.552. The van der Waals surface area contributed by atoms with Crippen LogP contribution in [-0.2, 0) is 6.54 Å². The van der Waals surface area contributed by atoms with Crippen molar-refractivity contribution in [3.05, 3.63) is 28.8 Å². The molecule has 2 rings (SSSR count). The first-order valence-electron chi connectivity index (χ1n) is 8.84. The molecule has 0 amide bonds. The molecule has 1 aromatic carbocycles. The Bertz CT molecular complexity index is 599. The van der Waals surface area contributed by atoms with Crippen LogP contribution in [0.2, 0.25) is 5.02 Å². The van der Waals surface area contributed by atoms with Crippen molar-refractivity contribution in [2.24, 2.45) is 10.9 Å². The monoisotopic (exact) mass is 516 g/mol. The van der Waals surface area contributed by atoms with Gasteiger partial charge in [0, 0.05) is 30.7 Å². The van der Waals surface area contributed by atoms with Gasteiger partial charge in [0.2, 0.25) is 0 Å². The van der Waals surface area contributed by atoms with E-state index in [1.54, 1.807) is 13.1 Å². The maximum Gasteiger partial charge on any atom is 0.387 e. The summed E-state index contributed by atoms with van der Waals surface area (Å²) in [6, 6.07) is 4.58. The highest BCUT2D eigenvalue weighted by Crippen LogP contribution is 2.24. The van der Waals surface area contributed by atoms with Crippen LogP contribution in [-0.4, -0.2) is 51.2 Å². The summed E-state index contributed by atoms with van der Waals surface area (Å²) in [6.45, 7) is 0.543. The Hall–Kier alpha value is -0.870. The molecule has 0 radical (unpaired) electrons. The lowest BCUT2D eigenvalue weighted by Crippen LogP contribution is -2.38. The Morgan fingerprint density at radius 1 is 1.33 bits per heavy atom. The Morgan fingerprint density at radius 2 is 2.04 bits per heavy atom. The van der Waals surface area contributed by atoms with Gasteiger partial charge in [0.05, 0.1) is 0 Å². The molecule has 5 nitrogen and oxygen atoms in total. The maximum absolute atomic E-state index is 12.5. The van der Waals surface area contributed by atoms with E-state index >= 15 is 0 Å². The van der Waals surface area contributed by atoms with Crippen LogP contribution in [0.4, 0.5) is 8.78 Å². The molecule has 154 valence electrons. The van der Waals surface area contributed by atoms with Crippen LogP contribution in [0, 0.1) is 5.92 Å². The number of rotatable bonds is 7. The van der Waals surface area contributed by atoms with Crippen molar-refractivity contribution in [1.82, 2.24) is 15.5 Å². The summed E-state index contributed by atoms with van der Waals surface area (Å²) in [5.74, 6) is 1.47. The van der Waals surface area contributed by atoms with Gasteiger partial charge in [0.25, 0.3) is 0 Å². The summed E-state index contributed by atoms with van der Waals surface area (Å²) < 4.78 is 29.6. The second-order valence-electron chi connectivity index (χ2n) is 6.52. The topological polar surface area (TPSA) is 48.9 Å². The third kappa shape index (κ3) is 8.78. The maximum atomic E-state index is 12.5. The number of hydrogen-bond donors (Lipinski definition) is 2. The van der Waals surface area contributed by atoms with Crippen molar-refractivity contribution in [3.63, 3.8) is 0 Å². The number of piperidine rings is 1. The van der Waals surface area contributed by atoms with Gasteiger partial charge in [-0.25, -0.2) is 0 Å². The zero-order valence-corrected chi connectivity index (χ0v) is 18.8. The average Bonchev–Trinajstić information content (AvgIpc) is 2.61. The zero-order valence-electron chi connectivity index (χ0n) is 15.7. The number of aliphatic imine (C=N–C) groups is 1. The second-order valence-corrected chi connectivity index (χ2v) is 6.95. The highest BCUT2D eigenvalue weighted by Gasteiger charge is 2.16. The standard InChI is InChI=1S/C18H27ClF2N4O.HI/c1-22-18(23-8-5-13-6-9-25(2)10-7-13)24-12-14-11-15(19)3-4-16(14)26-17(20)21;/h3-4,11,13,17H,5-10,12H2,1-2H3,(H2,22,23,24);1H. The van der Waals surface area contributed by atoms with E-state index < -0.39 is 6.61 Å². The first-order valence-corrected chi connectivity index (χ1v) is 9.22. The molecule has 0 atom stereocenters. The number of likely N-dealkylation sites (tertiary alicyclic amines) is 1. The molecule has 1 fully saturated rings. The Morgan fingerprint density at radius 3 is 2.67 bits per heavy atom. The third-order valence-corrected chi connectivity index (χ3v) is 4.83. The predicted octanol–water partition coefficient (Wildman–Crippen LogP) is 3.96.